The van der Waals surface area contributed by atoms with Gasteiger partial charge in [-0.15, -0.1) is 0 Å². The Bertz CT molecular complexity index is 408. The predicted molar refractivity (Wildman–Crippen MR) is 65.1 cm³/mol. The second-order valence-corrected chi connectivity index (χ2v) is 4.22. The van der Waals surface area contributed by atoms with Crippen molar-refractivity contribution in [3.8, 4) is 0 Å². The van der Waals surface area contributed by atoms with Crippen molar-refractivity contribution in [3.05, 3.63) is 24.0 Å². The molecule has 0 radical (unpaired) electrons. The van der Waals surface area contributed by atoms with Crippen molar-refractivity contribution in [2.75, 3.05) is 25.0 Å². The highest BCUT2D eigenvalue weighted by atomic mass is 16.3. The predicted octanol–water partition coefficient (Wildman–Crippen LogP) is 0.402. The van der Waals surface area contributed by atoms with Crippen LogP contribution in [0.15, 0.2) is 18.3 Å². The molecule has 1 atom stereocenters. The van der Waals surface area contributed by atoms with E-state index in [1.807, 2.05) is 6.07 Å². The van der Waals surface area contributed by atoms with Gasteiger partial charge in [0.1, 0.15) is 5.69 Å². The van der Waals surface area contributed by atoms with E-state index < -0.39 is 0 Å². The molecule has 0 aromatic carbocycles. The minimum Gasteiger partial charge on any atom is -0.391 e. The highest BCUT2D eigenvalue weighted by molar-refractivity contribution is 5.92. The van der Waals surface area contributed by atoms with E-state index in [0.717, 1.165) is 25.1 Å². The standard InChI is InChI=1S/C12H17N3O2/c1-13-12(17)11-7-9(4-5-14-11)15-6-2-3-10(16)8-15/h4-5,7,10,16H,2-3,6,8H2,1H3,(H,13,17). The molecular formula is C12H17N3O2. The summed E-state index contributed by atoms with van der Waals surface area (Å²) < 4.78 is 0. The first-order valence-corrected chi connectivity index (χ1v) is 5.82. The molecule has 5 nitrogen and oxygen atoms in total. The van der Waals surface area contributed by atoms with Crippen molar-refractivity contribution < 1.29 is 9.90 Å². The van der Waals surface area contributed by atoms with Crippen LogP contribution in [0.3, 0.4) is 0 Å². The van der Waals surface area contributed by atoms with Gasteiger partial charge in [-0.25, -0.2) is 0 Å². The van der Waals surface area contributed by atoms with E-state index in [9.17, 15) is 9.90 Å². The lowest BCUT2D eigenvalue weighted by Gasteiger charge is -2.32. The highest BCUT2D eigenvalue weighted by Gasteiger charge is 2.18. The molecule has 1 aliphatic heterocycles. The Morgan fingerprint density at radius 1 is 1.65 bits per heavy atom. The van der Waals surface area contributed by atoms with Gasteiger partial charge in [0.15, 0.2) is 0 Å². The zero-order chi connectivity index (χ0) is 12.3. The Morgan fingerprint density at radius 2 is 2.47 bits per heavy atom. The third-order valence-corrected chi connectivity index (χ3v) is 2.96. The molecule has 0 saturated carbocycles. The number of aromatic nitrogens is 1. The molecule has 1 unspecified atom stereocenters. The number of aliphatic hydroxyl groups excluding tert-OH is 1. The van der Waals surface area contributed by atoms with E-state index in [0.29, 0.717) is 12.2 Å². The molecule has 1 aromatic heterocycles. The normalized spacial score (nSPS) is 20.1. The fourth-order valence-corrected chi connectivity index (χ4v) is 2.06. The number of piperidine rings is 1. The van der Waals surface area contributed by atoms with Crippen LogP contribution >= 0.6 is 0 Å². The van der Waals surface area contributed by atoms with E-state index in [1.54, 1.807) is 19.3 Å². The van der Waals surface area contributed by atoms with Crippen LogP contribution in [-0.2, 0) is 0 Å². The SMILES string of the molecule is CNC(=O)c1cc(N2CCCC(O)C2)ccn1. The number of anilines is 1. The number of hydrogen-bond acceptors (Lipinski definition) is 4. The molecule has 0 bridgehead atoms. The molecule has 1 amide bonds. The summed E-state index contributed by atoms with van der Waals surface area (Å²) in [5.41, 5.74) is 1.35. The molecule has 1 aromatic rings. The Kier molecular flexibility index (Phi) is 3.58. The number of β-amino-alcohol motifs (C(OH)–C–C–N with tert-alkyl or cyclic N) is 1. The van der Waals surface area contributed by atoms with Gasteiger partial charge in [0.05, 0.1) is 6.10 Å². The maximum atomic E-state index is 11.5. The van der Waals surface area contributed by atoms with Crippen molar-refractivity contribution in [3.63, 3.8) is 0 Å². The minimum absolute atomic E-state index is 0.190. The molecule has 5 heteroatoms. The highest BCUT2D eigenvalue weighted by Crippen LogP contribution is 2.20. The molecule has 1 fully saturated rings. The molecule has 2 N–H and O–H groups in total. The fraction of sp³-hybridized carbons (Fsp3) is 0.500. The lowest BCUT2D eigenvalue weighted by Crippen LogP contribution is -2.38. The third-order valence-electron chi connectivity index (χ3n) is 2.96. The van der Waals surface area contributed by atoms with Crippen LogP contribution < -0.4 is 10.2 Å². The van der Waals surface area contributed by atoms with Gasteiger partial charge >= 0.3 is 0 Å². The molecule has 17 heavy (non-hydrogen) atoms. The lowest BCUT2D eigenvalue weighted by molar-refractivity contribution is 0.0958. The van der Waals surface area contributed by atoms with Crippen LogP contribution in [0.4, 0.5) is 5.69 Å². The Labute approximate surface area is 100 Å². The molecule has 1 saturated heterocycles. The number of nitrogens with one attached hydrogen (secondary N) is 1. The molecule has 2 heterocycles. The maximum Gasteiger partial charge on any atom is 0.269 e. The fourth-order valence-electron chi connectivity index (χ4n) is 2.06. The third kappa shape index (κ3) is 2.74. The summed E-state index contributed by atoms with van der Waals surface area (Å²) in [6.45, 7) is 1.53. The van der Waals surface area contributed by atoms with Crippen molar-refractivity contribution >= 4 is 11.6 Å². The van der Waals surface area contributed by atoms with Crippen LogP contribution in [0.25, 0.3) is 0 Å². The topological polar surface area (TPSA) is 65.5 Å². The number of nitrogens with zero attached hydrogens (tertiary/aromatic N) is 2. The summed E-state index contributed by atoms with van der Waals surface area (Å²) >= 11 is 0. The molecule has 0 spiro atoms. The first-order valence-electron chi connectivity index (χ1n) is 5.82. The average Bonchev–Trinajstić information content (AvgIpc) is 2.38. The maximum absolute atomic E-state index is 11.5. The Hall–Kier alpha value is -1.62. The summed E-state index contributed by atoms with van der Waals surface area (Å²) in [5, 5.41) is 12.2. The zero-order valence-electron chi connectivity index (χ0n) is 9.89. The van der Waals surface area contributed by atoms with Crippen LogP contribution in [-0.4, -0.2) is 42.2 Å². The number of rotatable bonds is 2. The van der Waals surface area contributed by atoms with Crippen LogP contribution in [0.5, 0.6) is 0 Å². The van der Waals surface area contributed by atoms with Crippen molar-refractivity contribution in [1.82, 2.24) is 10.3 Å². The number of aliphatic hydroxyl groups is 1. The van der Waals surface area contributed by atoms with E-state index in [4.69, 9.17) is 0 Å². The molecule has 92 valence electrons. The number of hydrogen-bond donors (Lipinski definition) is 2. The number of pyridine rings is 1. The van der Waals surface area contributed by atoms with Crippen molar-refractivity contribution in [1.29, 1.82) is 0 Å². The largest absolute Gasteiger partial charge is 0.391 e. The van der Waals surface area contributed by atoms with E-state index in [2.05, 4.69) is 15.2 Å². The second kappa shape index (κ2) is 5.14. The van der Waals surface area contributed by atoms with Gasteiger partial charge < -0.3 is 15.3 Å². The van der Waals surface area contributed by atoms with E-state index in [1.165, 1.54) is 0 Å². The van der Waals surface area contributed by atoms with E-state index >= 15 is 0 Å². The summed E-state index contributed by atoms with van der Waals surface area (Å²) in [6.07, 6.45) is 3.17. The Balaban J connectivity index is 2.17. The first-order chi connectivity index (χ1) is 8.20. The second-order valence-electron chi connectivity index (χ2n) is 4.22. The van der Waals surface area contributed by atoms with Gasteiger partial charge in [0, 0.05) is 32.0 Å². The quantitative estimate of drug-likeness (QED) is 0.779. The van der Waals surface area contributed by atoms with Crippen molar-refractivity contribution in [2.24, 2.45) is 0 Å². The van der Waals surface area contributed by atoms with Gasteiger partial charge in [-0.05, 0) is 25.0 Å². The average molecular weight is 235 g/mol. The number of carbonyl (C=O) groups is 1. The Morgan fingerprint density at radius 3 is 3.18 bits per heavy atom. The minimum atomic E-state index is -0.277. The molecule has 2 rings (SSSR count). The van der Waals surface area contributed by atoms with Gasteiger partial charge in [-0.2, -0.15) is 0 Å². The lowest BCUT2D eigenvalue weighted by atomic mass is 10.1. The monoisotopic (exact) mass is 235 g/mol. The summed E-state index contributed by atoms with van der Waals surface area (Å²) in [5.74, 6) is -0.190. The number of carbonyl (C=O) groups excluding carboxylic acids is 1. The summed E-state index contributed by atoms with van der Waals surface area (Å²) in [6, 6.07) is 3.63. The van der Waals surface area contributed by atoms with Gasteiger partial charge in [0.25, 0.3) is 5.91 Å². The van der Waals surface area contributed by atoms with E-state index in [-0.39, 0.29) is 12.0 Å². The van der Waals surface area contributed by atoms with Crippen LogP contribution in [0.2, 0.25) is 0 Å². The molecule has 1 aliphatic rings. The van der Waals surface area contributed by atoms with Crippen LogP contribution in [0.1, 0.15) is 23.3 Å². The van der Waals surface area contributed by atoms with Gasteiger partial charge in [-0.3, -0.25) is 9.78 Å². The van der Waals surface area contributed by atoms with Crippen LogP contribution in [0, 0.1) is 0 Å². The van der Waals surface area contributed by atoms with Crippen molar-refractivity contribution in [2.45, 2.75) is 18.9 Å². The first kappa shape index (κ1) is 11.9. The molecular weight excluding hydrogens is 218 g/mol. The summed E-state index contributed by atoms with van der Waals surface area (Å²) in [7, 11) is 1.58. The smallest absolute Gasteiger partial charge is 0.269 e. The zero-order valence-corrected chi connectivity index (χ0v) is 9.89. The summed E-state index contributed by atoms with van der Waals surface area (Å²) in [4.78, 5) is 17.6. The van der Waals surface area contributed by atoms with Gasteiger partial charge in [0.2, 0.25) is 0 Å². The molecule has 0 aliphatic carbocycles. The van der Waals surface area contributed by atoms with Gasteiger partial charge in [-0.1, -0.05) is 0 Å². The number of amides is 1.